The number of hydrogen-bond acceptors (Lipinski definition) is 19. The van der Waals surface area contributed by atoms with E-state index in [9.17, 15) is 54.3 Å². The highest BCUT2D eigenvalue weighted by atomic mass is 16.4. The van der Waals surface area contributed by atoms with Crippen LogP contribution < -0.4 is 36.8 Å². The molecule has 4 rings (SSSR count). The van der Waals surface area contributed by atoms with E-state index in [-0.39, 0.29) is 68.2 Å². The number of carboxylic acid groups (broad SMARTS) is 4. The molecular formula is C63H97N13O13. The Kier molecular flexibility index (Phi) is 32.2. The van der Waals surface area contributed by atoms with Crippen molar-refractivity contribution in [3.63, 3.8) is 0 Å². The fourth-order valence-corrected chi connectivity index (χ4v) is 10.1. The molecule has 0 saturated carbocycles. The Morgan fingerprint density at radius 1 is 0.652 bits per heavy atom. The van der Waals surface area contributed by atoms with Crippen LogP contribution in [0.25, 0.3) is 0 Å². The maximum atomic E-state index is 12.5. The molecule has 1 saturated heterocycles. The lowest BCUT2D eigenvalue weighted by Crippen LogP contribution is -2.51. The van der Waals surface area contributed by atoms with Crippen LogP contribution in [0.4, 0.5) is 28.3 Å². The first-order valence-corrected chi connectivity index (χ1v) is 30.8. The summed E-state index contributed by atoms with van der Waals surface area (Å²) in [6, 6.07) is 14.7. The maximum Gasteiger partial charge on any atom is 0.326 e. The molecule has 2 aromatic carbocycles. The number of urea groups is 1. The quantitative estimate of drug-likeness (QED) is 0.0203. The van der Waals surface area contributed by atoms with Gasteiger partial charge in [-0.25, -0.2) is 14.4 Å². The van der Waals surface area contributed by atoms with E-state index in [2.05, 4.69) is 61.1 Å². The number of aromatic nitrogens is 3. The minimum absolute atomic E-state index is 0.0290. The van der Waals surface area contributed by atoms with Gasteiger partial charge in [-0.1, -0.05) is 68.7 Å². The van der Waals surface area contributed by atoms with Gasteiger partial charge in [-0.15, -0.1) is 0 Å². The van der Waals surface area contributed by atoms with Crippen molar-refractivity contribution in [2.45, 2.75) is 135 Å². The van der Waals surface area contributed by atoms with Gasteiger partial charge in [0.2, 0.25) is 23.8 Å². The molecule has 492 valence electrons. The topological polar surface area (TPSA) is 368 Å². The number of allylic oxidation sites excluding steroid dienone is 3. The number of aliphatic carboxylic acids is 4. The van der Waals surface area contributed by atoms with Crippen LogP contribution in [0.5, 0.6) is 0 Å². The van der Waals surface area contributed by atoms with Crippen LogP contribution >= 0.6 is 0 Å². The number of nitrogens with zero attached hydrogens (tertiary/aromatic N) is 7. The van der Waals surface area contributed by atoms with Crippen LogP contribution in [0.3, 0.4) is 0 Å². The summed E-state index contributed by atoms with van der Waals surface area (Å²) in [6.45, 7) is 10.5. The Hall–Kier alpha value is -8.07. The number of benzene rings is 2. The molecule has 26 heteroatoms. The number of anilines is 4. The number of likely N-dealkylation sites (N-methyl/N-ethyl adjacent to an activating group) is 3. The summed E-state index contributed by atoms with van der Waals surface area (Å²) in [5.74, 6) is -2.98. The van der Waals surface area contributed by atoms with Crippen LogP contribution in [0.1, 0.15) is 121 Å². The fourth-order valence-electron chi connectivity index (χ4n) is 10.1. The zero-order valence-electron chi connectivity index (χ0n) is 52.6. The summed E-state index contributed by atoms with van der Waals surface area (Å²) in [7, 11) is 5.42. The van der Waals surface area contributed by atoms with E-state index in [0.29, 0.717) is 88.6 Å². The molecular weight excluding hydrogens is 1150 g/mol. The van der Waals surface area contributed by atoms with Gasteiger partial charge < -0.3 is 72.5 Å². The highest BCUT2D eigenvalue weighted by Gasteiger charge is 2.27. The Morgan fingerprint density at radius 3 is 1.84 bits per heavy atom. The summed E-state index contributed by atoms with van der Waals surface area (Å²) in [5, 5.41) is 87.4. The predicted octanol–water partition coefficient (Wildman–Crippen LogP) is 6.86. The van der Waals surface area contributed by atoms with E-state index < -0.39 is 53.8 Å². The van der Waals surface area contributed by atoms with Crippen molar-refractivity contribution >= 4 is 59.3 Å². The van der Waals surface area contributed by atoms with Crippen molar-refractivity contribution in [1.82, 2.24) is 50.9 Å². The number of unbranched alkanes of at least 4 members (excludes halogenated alkanes) is 5. The van der Waals surface area contributed by atoms with E-state index in [1.54, 1.807) is 37.1 Å². The zero-order chi connectivity index (χ0) is 65.3. The smallest absolute Gasteiger partial charge is 0.326 e. The predicted molar refractivity (Wildman–Crippen MR) is 342 cm³/mol. The van der Waals surface area contributed by atoms with Gasteiger partial charge in [0, 0.05) is 69.3 Å². The molecule has 2 heterocycles. The monoisotopic (exact) mass is 1240 g/mol. The average molecular weight is 1240 g/mol. The molecule has 0 bridgehead atoms. The third-order valence-corrected chi connectivity index (χ3v) is 15.1. The maximum absolute atomic E-state index is 12.5. The van der Waals surface area contributed by atoms with Crippen LogP contribution in [0.2, 0.25) is 0 Å². The number of aliphatic hydroxyl groups excluding tert-OH is 3. The number of hydrogen-bond donors (Lipinski definition) is 13. The lowest BCUT2D eigenvalue weighted by atomic mass is 9.87. The molecule has 1 aromatic heterocycles. The molecule has 89 heavy (non-hydrogen) atoms. The summed E-state index contributed by atoms with van der Waals surface area (Å²) < 4.78 is 0. The molecule has 3 amide bonds. The highest BCUT2D eigenvalue weighted by molar-refractivity contribution is 5.86. The number of piperidine rings is 1. The van der Waals surface area contributed by atoms with Crippen LogP contribution in [0.15, 0.2) is 90.1 Å². The number of carboxylic acids is 4. The molecule has 0 spiro atoms. The first-order valence-electron chi connectivity index (χ1n) is 30.8. The third kappa shape index (κ3) is 30.1. The van der Waals surface area contributed by atoms with E-state index in [0.717, 1.165) is 62.9 Å². The SMILES string of the molecule is CCN(C)C/C(O)=C\C(C)(/C=C(/O)CNC(C)Cc1ccc(Nc2nc(NCCCCCCCC(=O)NCCCC[C@H](NC(=O)N[C@@H](CCC(=O)O)C(=O)O)C(=O)O)nc(N3CCC(c4ccccc4)CC3)n2)cc1)/C=C(/O)CN(C)CCN(C)CC(=O)O. The fraction of sp³-hybridized carbons (Fsp3) is 0.571. The van der Waals surface area contributed by atoms with Gasteiger partial charge in [0.25, 0.3) is 0 Å². The number of carbonyl (C=O) groups excluding carboxylic acids is 2. The summed E-state index contributed by atoms with van der Waals surface area (Å²) in [4.78, 5) is 92.0. The van der Waals surface area contributed by atoms with Gasteiger partial charge in [-0.2, -0.15) is 15.0 Å². The Bertz CT molecular complexity index is 2780. The summed E-state index contributed by atoms with van der Waals surface area (Å²) >= 11 is 0. The van der Waals surface area contributed by atoms with Crippen LogP contribution in [-0.2, 0) is 30.4 Å². The lowest BCUT2D eigenvalue weighted by Gasteiger charge is -2.32. The normalized spacial score (nSPS) is 15.1. The highest BCUT2D eigenvalue weighted by Crippen LogP contribution is 2.31. The Morgan fingerprint density at radius 2 is 1.22 bits per heavy atom. The van der Waals surface area contributed by atoms with Crippen molar-refractivity contribution in [3.8, 4) is 0 Å². The Balaban J connectivity index is 1.27. The molecule has 3 aromatic rings. The second-order valence-corrected chi connectivity index (χ2v) is 23.4. The molecule has 0 radical (unpaired) electrons. The molecule has 2 unspecified atom stereocenters. The number of aliphatic hydroxyl groups is 3. The summed E-state index contributed by atoms with van der Waals surface area (Å²) in [6.07, 6.45) is 12.0. The second kappa shape index (κ2) is 39.0. The molecule has 1 aliphatic heterocycles. The van der Waals surface area contributed by atoms with Crippen LogP contribution in [0, 0.1) is 5.41 Å². The summed E-state index contributed by atoms with van der Waals surface area (Å²) in [5.41, 5.74) is 2.12. The van der Waals surface area contributed by atoms with E-state index >= 15 is 0 Å². The minimum Gasteiger partial charge on any atom is -0.511 e. The molecule has 1 fully saturated rings. The first kappa shape index (κ1) is 73.4. The van der Waals surface area contributed by atoms with Gasteiger partial charge in [0.05, 0.1) is 26.2 Å². The number of amides is 3. The standard InChI is InChI=1S/C63H97N13O13/c1-7-73(4)41-50(78)38-63(3,39-51(79)42-74(5)34-35-75(6)43-56(83)84)37-49(77)40-66-44(2)36-45-22-24-48(25-23-45)67-60-70-59(71-61(72-60)76-32-28-47(29-33-76)46-18-12-11-13-19-46)65-31-16-10-8-9-14-21-54(80)64-30-17-15-20-52(57(85)86)68-62(89)69-53(58(87)88)26-27-55(81)82/h11-13,18-19,22-25,37-39,44,47,52-53,66,77-79H,7-10,14-17,20-21,26-36,40-43H2,1-6H3,(H,64,80)(H,81,82)(H,83,84)(H,85,86)(H,87,88)(H2,68,69,89)(H2,65,67,70,71,72)/b49-37+,50-38+,51-39+/t44?,52-,53-,63?/m0/s1. The molecule has 1 aliphatic rings. The van der Waals surface area contributed by atoms with Crippen molar-refractivity contribution < 1.29 is 64.5 Å². The van der Waals surface area contributed by atoms with Crippen molar-refractivity contribution in [2.24, 2.45) is 5.41 Å². The molecule has 26 nitrogen and oxygen atoms in total. The number of rotatable bonds is 43. The number of nitrogens with one attached hydrogen (secondary N) is 6. The van der Waals surface area contributed by atoms with Gasteiger partial charge in [-0.05, 0) is 147 Å². The first-order chi connectivity index (χ1) is 42.4. The van der Waals surface area contributed by atoms with Gasteiger partial charge >= 0.3 is 29.9 Å². The van der Waals surface area contributed by atoms with Crippen molar-refractivity contribution in [1.29, 1.82) is 0 Å². The molecule has 0 aliphatic carbocycles. The van der Waals surface area contributed by atoms with Crippen LogP contribution in [-0.4, -0.2) is 212 Å². The van der Waals surface area contributed by atoms with Gasteiger partial charge in [0.1, 0.15) is 29.4 Å². The minimum atomic E-state index is -1.50. The Labute approximate surface area is 523 Å². The number of carbonyl (C=O) groups is 6. The third-order valence-electron chi connectivity index (χ3n) is 15.1. The molecule has 13 N–H and O–H groups in total. The largest absolute Gasteiger partial charge is 0.511 e. The van der Waals surface area contributed by atoms with Gasteiger partial charge in [0.15, 0.2) is 0 Å². The van der Waals surface area contributed by atoms with E-state index in [1.165, 1.54) is 5.56 Å². The molecule has 4 atom stereocenters. The second-order valence-electron chi connectivity index (χ2n) is 23.4. The average Bonchev–Trinajstić information content (AvgIpc) is 2.04. The van der Waals surface area contributed by atoms with E-state index in [4.69, 9.17) is 25.2 Å². The van der Waals surface area contributed by atoms with E-state index in [1.807, 2.05) is 68.1 Å². The van der Waals surface area contributed by atoms with Crippen molar-refractivity contribution in [3.05, 3.63) is 101 Å². The van der Waals surface area contributed by atoms with Gasteiger partial charge in [-0.3, -0.25) is 29.1 Å². The zero-order valence-corrected chi connectivity index (χ0v) is 52.6. The lowest BCUT2D eigenvalue weighted by molar-refractivity contribution is -0.141. The van der Waals surface area contributed by atoms with Crippen molar-refractivity contribution in [2.75, 3.05) is 109 Å².